The third kappa shape index (κ3) is 2.99. The van der Waals surface area contributed by atoms with E-state index in [-0.39, 0.29) is 6.61 Å². The summed E-state index contributed by atoms with van der Waals surface area (Å²) < 4.78 is 0. The van der Waals surface area contributed by atoms with Crippen LogP contribution in [0.1, 0.15) is 24.8 Å². The molecule has 0 bridgehead atoms. The van der Waals surface area contributed by atoms with Gasteiger partial charge in [0.25, 0.3) is 0 Å². The number of benzene rings is 1. The van der Waals surface area contributed by atoms with Crippen molar-refractivity contribution in [2.45, 2.75) is 24.6 Å². The predicted molar refractivity (Wildman–Crippen MR) is 75.6 cm³/mol. The molecule has 2 rings (SSSR count). The van der Waals surface area contributed by atoms with Crippen LogP contribution < -0.4 is 0 Å². The van der Waals surface area contributed by atoms with Gasteiger partial charge in [0, 0.05) is 6.61 Å². The molecule has 0 unspecified atom stereocenters. The van der Waals surface area contributed by atoms with Crippen molar-refractivity contribution in [3.05, 3.63) is 35.9 Å². The molecule has 0 saturated carbocycles. The molecule has 2 nitrogen and oxygen atoms in total. The number of rotatable bonds is 4. The van der Waals surface area contributed by atoms with Crippen molar-refractivity contribution in [3.63, 3.8) is 0 Å². The van der Waals surface area contributed by atoms with E-state index in [0.29, 0.717) is 5.92 Å². The van der Waals surface area contributed by atoms with Crippen molar-refractivity contribution < 1.29 is 5.11 Å². The molecule has 92 valence electrons. The molecule has 1 aromatic rings. The van der Waals surface area contributed by atoms with Gasteiger partial charge in [-0.15, -0.1) is 0 Å². The van der Waals surface area contributed by atoms with Crippen LogP contribution in [0.2, 0.25) is 0 Å². The lowest BCUT2D eigenvalue weighted by Gasteiger charge is -2.44. The Morgan fingerprint density at radius 1 is 1.17 bits per heavy atom. The minimum absolute atomic E-state index is 0.278. The Hall–Kier alpha value is -0.730. The summed E-state index contributed by atoms with van der Waals surface area (Å²) in [6, 6.07) is 9.83. The van der Waals surface area contributed by atoms with Crippen LogP contribution in [-0.2, 0) is 5.34 Å². The van der Waals surface area contributed by atoms with E-state index < -0.39 is 5.34 Å². The summed E-state index contributed by atoms with van der Waals surface area (Å²) >= 11 is 0. The van der Waals surface area contributed by atoms with Gasteiger partial charge in [-0.1, -0.05) is 30.3 Å². The van der Waals surface area contributed by atoms with Crippen molar-refractivity contribution in [1.29, 1.82) is 0 Å². The number of piperidine rings is 1. The highest BCUT2D eigenvalue weighted by atomic mass is 16.3. The quantitative estimate of drug-likeness (QED) is 0.798. The summed E-state index contributed by atoms with van der Waals surface area (Å²) in [5.74, 6) is 0.609. The third-order valence-electron chi connectivity index (χ3n) is 3.91. The summed E-state index contributed by atoms with van der Waals surface area (Å²) in [5, 5.41) is 8.08. The van der Waals surface area contributed by atoms with Crippen molar-refractivity contribution in [2.24, 2.45) is 5.92 Å². The van der Waals surface area contributed by atoms with Crippen LogP contribution in [0.25, 0.3) is 0 Å². The van der Waals surface area contributed by atoms with Gasteiger partial charge in [0.05, 0.1) is 15.7 Å². The van der Waals surface area contributed by atoms with Crippen molar-refractivity contribution >= 4 is 15.7 Å². The van der Waals surface area contributed by atoms with Gasteiger partial charge < -0.3 is 10.0 Å². The van der Waals surface area contributed by atoms with Crippen molar-refractivity contribution in [1.82, 2.24) is 4.90 Å². The van der Waals surface area contributed by atoms with Crippen LogP contribution in [0.4, 0.5) is 0 Å². The number of aliphatic hydroxyl groups excluding tert-OH is 1. The molecule has 1 fully saturated rings. The number of hydrogen-bond donors (Lipinski definition) is 1. The lowest BCUT2D eigenvalue weighted by molar-refractivity contribution is 0.132. The lowest BCUT2D eigenvalue weighted by Crippen LogP contribution is -2.50. The molecule has 1 aliphatic heterocycles. The molecule has 1 heterocycles. The maximum Gasteiger partial charge on any atom is 0.0887 e. The molecule has 4 heteroatoms. The topological polar surface area (TPSA) is 23.5 Å². The average molecular weight is 239 g/mol. The predicted octanol–water partition coefficient (Wildman–Crippen LogP) is 1.23. The van der Waals surface area contributed by atoms with Gasteiger partial charge in [-0.25, -0.2) is 0 Å². The summed E-state index contributed by atoms with van der Waals surface area (Å²) in [7, 11) is 12.6. The van der Waals surface area contributed by atoms with Gasteiger partial charge in [-0.05, 0) is 49.2 Å². The van der Waals surface area contributed by atoms with Crippen LogP contribution in [0.5, 0.6) is 0 Å². The van der Waals surface area contributed by atoms with E-state index in [2.05, 4.69) is 4.90 Å². The largest absolute Gasteiger partial charge is 0.396 e. The maximum atomic E-state index is 8.96. The fraction of sp³-hybridized carbons (Fsp3) is 0.571. The molecule has 4 radical (unpaired) electrons. The number of nitrogens with zero attached hydrogens (tertiary/aromatic N) is 1. The highest BCUT2D eigenvalue weighted by molar-refractivity contribution is 6.39. The summed E-state index contributed by atoms with van der Waals surface area (Å²) in [6.45, 7) is 2.07. The molecule has 18 heavy (non-hydrogen) atoms. The van der Waals surface area contributed by atoms with Crippen molar-refractivity contribution in [2.75, 3.05) is 19.7 Å². The Morgan fingerprint density at radius 3 is 2.33 bits per heavy atom. The first kappa shape index (κ1) is 13.7. The van der Waals surface area contributed by atoms with E-state index in [1.54, 1.807) is 0 Å². The van der Waals surface area contributed by atoms with E-state index in [1.165, 1.54) is 0 Å². The van der Waals surface area contributed by atoms with E-state index in [9.17, 15) is 0 Å². The normalized spacial score (nSPS) is 18.9. The highest BCUT2D eigenvalue weighted by Gasteiger charge is 2.30. The van der Waals surface area contributed by atoms with Crippen LogP contribution in [-0.4, -0.2) is 45.4 Å². The molecule has 0 aliphatic carbocycles. The molecule has 0 atom stereocenters. The fourth-order valence-corrected chi connectivity index (χ4v) is 2.66. The minimum atomic E-state index is -0.883. The summed E-state index contributed by atoms with van der Waals surface area (Å²) in [6.07, 6.45) is 3.01. The van der Waals surface area contributed by atoms with Crippen LogP contribution in [0.15, 0.2) is 30.3 Å². The van der Waals surface area contributed by atoms with E-state index in [4.69, 9.17) is 20.8 Å². The van der Waals surface area contributed by atoms with Crippen LogP contribution >= 0.6 is 0 Å². The molecule has 1 saturated heterocycles. The molecular formula is C14H19B2NO. The fourth-order valence-electron chi connectivity index (χ4n) is 2.66. The molecule has 0 aromatic heterocycles. The number of hydrogen-bond acceptors (Lipinski definition) is 2. The Bertz CT molecular complexity index is 361. The number of aliphatic hydroxyl groups is 1. The highest BCUT2D eigenvalue weighted by Crippen LogP contribution is 2.28. The van der Waals surface area contributed by atoms with Crippen molar-refractivity contribution in [3.8, 4) is 0 Å². The van der Waals surface area contributed by atoms with Gasteiger partial charge in [-0.2, -0.15) is 0 Å². The summed E-state index contributed by atoms with van der Waals surface area (Å²) in [5.41, 5.74) is 0.950. The van der Waals surface area contributed by atoms with Gasteiger partial charge in [-0.3, -0.25) is 0 Å². The molecular weight excluding hydrogens is 220 g/mol. The standard InChI is InChI=1S/C14H19B2NO/c15-14(16,13-4-2-1-3-5-13)17-9-6-12(7-10-17)8-11-18/h1-5,12,18H,6-11H2. The molecule has 1 aliphatic rings. The van der Waals surface area contributed by atoms with Gasteiger partial charge >= 0.3 is 0 Å². The minimum Gasteiger partial charge on any atom is -0.396 e. The molecule has 1 N–H and O–H groups in total. The smallest absolute Gasteiger partial charge is 0.0887 e. The lowest BCUT2D eigenvalue weighted by atomic mass is 9.56. The maximum absolute atomic E-state index is 8.96. The molecule has 0 spiro atoms. The first-order valence-corrected chi connectivity index (χ1v) is 6.64. The van der Waals surface area contributed by atoms with Gasteiger partial charge in [0.2, 0.25) is 0 Å². The zero-order valence-electron chi connectivity index (χ0n) is 10.8. The van der Waals surface area contributed by atoms with E-state index in [0.717, 1.165) is 37.9 Å². The second-order valence-corrected chi connectivity index (χ2v) is 5.13. The van der Waals surface area contributed by atoms with Gasteiger partial charge in [0.1, 0.15) is 0 Å². The van der Waals surface area contributed by atoms with E-state index in [1.807, 2.05) is 30.3 Å². The SMILES string of the molecule is [B]C([B])(c1ccccc1)N1CCC(CCO)CC1. The summed E-state index contributed by atoms with van der Waals surface area (Å²) in [4.78, 5) is 2.14. The number of likely N-dealkylation sites (tertiary alicyclic amines) is 1. The molecule has 1 aromatic carbocycles. The Labute approximate surface area is 112 Å². The second-order valence-electron chi connectivity index (χ2n) is 5.13. The monoisotopic (exact) mass is 239 g/mol. The Kier molecular flexibility index (Phi) is 4.52. The van der Waals surface area contributed by atoms with Crippen LogP contribution in [0, 0.1) is 5.92 Å². The Morgan fingerprint density at radius 2 is 1.78 bits per heavy atom. The van der Waals surface area contributed by atoms with Crippen LogP contribution in [0.3, 0.4) is 0 Å². The first-order valence-electron chi connectivity index (χ1n) is 6.64. The first-order chi connectivity index (χ1) is 8.64. The second kappa shape index (κ2) is 5.94. The van der Waals surface area contributed by atoms with E-state index >= 15 is 0 Å². The van der Waals surface area contributed by atoms with Gasteiger partial charge in [0.15, 0.2) is 0 Å². The average Bonchev–Trinajstić information content (AvgIpc) is 2.41. The Balaban J connectivity index is 2.00. The zero-order chi connectivity index (χ0) is 13.0. The molecule has 0 amide bonds. The third-order valence-corrected chi connectivity index (χ3v) is 3.91. The zero-order valence-corrected chi connectivity index (χ0v) is 10.8.